The van der Waals surface area contributed by atoms with Gasteiger partial charge in [0.2, 0.25) is 5.95 Å². The summed E-state index contributed by atoms with van der Waals surface area (Å²) in [6, 6.07) is 14.3. The molecule has 3 N–H and O–H groups in total. The minimum Gasteiger partial charge on any atom is -0.392 e. The summed E-state index contributed by atoms with van der Waals surface area (Å²) >= 11 is 0. The van der Waals surface area contributed by atoms with Gasteiger partial charge in [0.25, 0.3) is 0 Å². The SMILES string of the molecule is Nc1nc2cccc(-c3ccc(CN4CC[C@@H](O)C4)cc3)n2n1. The van der Waals surface area contributed by atoms with E-state index in [0.717, 1.165) is 43.0 Å². The fraction of sp³-hybridized carbons (Fsp3) is 0.294. The number of pyridine rings is 1. The van der Waals surface area contributed by atoms with E-state index in [2.05, 4.69) is 39.2 Å². The second kappa shape index (κ2) is 5.64. The van der Waals surface area contributed by atoms with Crippen LogP contribution in [0.3, 0.4) is 0 Å². The van der Waals surface area contributed by atoms with Gasteiger partial charge in [-0.05, 0) is 24.1 Å². The Balaban J connectivity index is 1.60. The molecule has 1 aromatic carbocycles. The number of likely N-dealkylation sites (tertiary alicyclic amines) is 1. The van der Waals surface area contributed by atoms with Crippen LogP contribution in [0.1, 0.15) is 12.0 Å². The van der Waals surface area contributed by atoms with Crippen molar-refractivity contribution in [3.63, 3.8) is 0 Å². The van der Waals surface area contributed by atoms with E-state index in [4.69, 9.17) is 5.73 Å². The maximum Gasteiger partial charge on any atom is 0.240 e. The Morgan fingerprint density at radius 1 is 1.17 bits per heavy atom. The van der Waals surface area contributed by atoms with Crippen molar-refractivity contribution >= 4 is 11.6 Å². The highest BCUT2D eigenvalue weighted by Gasteiger charge is 2.19. The lowest BCUT2D eigenvalue weighted by molar-refractivity contribution is 0.175. The van der Waals surface area contributed by atoms with Gasteiger partial charge in [-0.2, -0.15) is 4.98 Å². The molecule has 1 atom stereocenters. The van der Waals surface area contributed by atoms with E-state index >= 15 is 0 Å². The standard InChI is InChI=1S/C17H19N5O/c18-17-19-16-3-1-2-15(22(16)20-17)13-6-4-12(5-7-13)10-21-9-8-14(23)11-21/h1-7,14,23H,8-11H2,(H2,18,20)/t14-/m1/s1. The molecule has 0 bridgehead atoms. The Labute approximate surface area is 134 Å². The van der Waals surface area contributed by atoms with E-state index in [-0.39, 0.29) is 12.1 Å². The summed E-state index contributed by atoms with van der Waals surface area (Å²) < 4.78 is 1.77. The lowest BCUT2D eigenvalue weighted by Gasteiger charge is -2.15. The second-order valence-corrected chi connectivity index (χ2v) is 6.03. The molecule has 1 aliphatic rings. The van der Waals surface area contributed by atoms with Gasteiger partial charge in [0.05, 0.1) is 11.8 Å². The van der Waals surface area contributed by atoms with Crippen LogP contribution in [-0.4, -0.2) is 43.8 Å². The zero-order chi connectivity index (χ0) is 15.8. The lowest BCUT2D eigenvalue weighted by Crippen LogP contribution is -2.21. The van der Waals surface area contributed by atoms with Crippen molar-refractivity contribution in [1.82, 2.24) is 19.5 Å². The number of hydrogen-bond acceptors (Lipinski definition) is 5. The van der Waals surface area contributed by atoms with Crippen molar-refractivity contribution < 1.29 is 5.11 Å². The maximum atomic E-state index is 9.61. The zero-order valence-corrected chi connectivity index (χ0v) is 12.8. The van der Waals surface area contributed by atoms with E-state index in [1.807, 2.05) is 18.2 Å². The molecule has 3 aromatic rings. The minimum atomic E-state index is -0.176. The molecule has 0 aliphatic carbocycles. The van der Waals surface area contributed by atoms with Gasteiger partial charge in [0.1, 0.15) is 0 Å². The number of anilines is 1. The average Bonchev–Trinajstić information content (AvgIpc) is 3.12. The third-order valence-corrected chi connectivity index (χ3v) is 4.28. The third kappa shape index (κ3) is 2.78. The molecule has 1 fully saturated rings. The highest BCUT2D eigenvalue weighted by atomic mass is 16.3. The van der Waals surface area contributed by atoms with Crippen LogP contribution in [0, 0.1) is 0 Å². The number of aromatic nitrogens is 3. The molecule has 2 aromatic heterocycles. The number of nitrogens with zero attached hydrogens (tertiary/aromatic N) is 4. The Morgan fingerprint density at radius 3 is 2.74 bits per heavy atom. The molecule has 1 saturated heterocycles. The average molecular weight is 309 g/mol. The van der Waals surface area contributed by atoms with Gasteiger partial charge in [-0.3, -0.25) is 4.90 Å². The summed E-state index contributed by atoms with van der Waals surface area (Å²) in [5, 5.41) is 13.9. The fourth-order valence-corrected chi connectivity index (χ4v) is 3.14. The highest BCUT2D eigenvalue weighted by molar-refractivity contribution is 5.63. The smallest absolute Gasteiger partial charge is 0.240 e. The topological polar surface area (TPSA) is 79.7 Å². The molecule has 4 rings (SSSR count). The molecule has 6 nitrogen and oxygen atoms in total. The van der Waals surface area contributed by atoms with E-state index in [9.17, 15) is 5.11 Å². The zero-order valence-electron chi connectivity index (χ0n) is 12.8. The van der Waals surface area contributed by atoms with Crippen LogP contribution < -0.4 is 5.73 Å². The Bertz CT molecular complexity index is 827. The molecule has 118 valence electrons. The number of rotatable bonds is 3. The van der Waals surface area contributed by atoms with E-state index in [1.54, 1.807) is 4.52 Å². The summed E-state index contributed by atoms with van der Waals surface area (Å²) in [5.41, 5.74) is 9.73. The number of hydrogen-bond donors (Lipinski definition) is 2. The van der Waals surface area contributed by atoms with Crippen LogP contribution in [-0.2, 0) is 6.54 Å². The first-order chi connectivity index (χ1) is 11.2. The summed E-state index contributed by atoms with van der Waals surface area (Å²) in [7, 11) is 0. The van der Waals surface area contributed by atoms with Crippen LogP contribution in [0.4, 0.5) is 5.95 Å². The molecule has 6 heteroatoms. The number of fused-ring (bicyclic) bond motifs is 1. The van der Waals surface area contributed by atoms with Crippen molar-refractivity contribution in [2.45, 2.75) is 19.1 Å². The van der Waals surface area contributed by atoms with E-state index in [0.29, 0.717) is 0 Å². The minimum absolute atomic E-state index is 0.176. The quantitative estimate of drug-likeness (QED) is 0.767. The van der Waals surface area contributed by atoms with Crippen LogP contribution in [0.2, 0.25) is 0 Å². The first-order valence-electron chi connectivity index (χ1n) is 7.80. The van der Waals surface area contributed by atoms with Crippen LogP contribution >= 0.6 is 0 Å². The Kier molecular flexibility index (Phi) is 3.48. The van der Waals surface area contributed by atoms with Gasteiger partial charge in [0, 0.05) is 25.2 Å². The summed E-state index contributed by atoms with van der Waals surface area (Å²) in [6.07, 6.45) is 0.693. The molecule has 1 aliphatic heterocycles. The third-order valence-electron chi connectivity index (χ3n) is 4.28. The molecule has 0 unspecified atom stereocenters. The number of nitrogen functional groups attached to an aromatic ring is 1. The Morgan fingerprint density at radius 2 is 2.00 bits per heavy atom. The van der Waals surface area contributed by atoms with Crippen molar-refractivity contribution in [3.8, 4) is 11.3 Å². The molecule has 0 radical (unpaired) electrons. The normalized spacial score (nSPS) is 18.7. The van der Waals surface area contributed by atoms with Crippen LogP contribution in [0.25, 0.3) is 16.9 Å². The van der Waals surface area contributed by atoms with Crippen molar-refractivity contribution in [2.75, 3.05) is 18.8 Å². The van der Waals surface area contributed by atoms with Crippen molar-refractivity contribution in [2.24, 2.45) is 0 Å². The predicted octanol–water partition coefficient (Wildman–Crippen LogP) is 1.55. The van der Waals surface area contributed by atoms with E-state index < -0.39 is 0 Å². The maximum absolute atomic E-state index is 9.61. The number of β-amino-alcohol motifs (C(OH)–C–C–N with tert-alkyl or cyclic N) is 1. The summed E-state index contributed by atoms with van der Waals surface area (Å²) in [6.45, 7) is 2.59. The molecule has 23 heavy (non-hydrogen) atoms. The van der Waals surface area contributed by atoms with Gasteiger partial charge >= 0.3 is 0 Å². The van der Waals surface area contributed by atoms with Crippen molar-refractivity contribution in [3.05, 3.63) is 48.0 Å². The highest BCUT2D eigenvalue weighted by Crippen LogP contribution is 2.22. The molecule has 0 amide bonds. The molecule has 0 saturated carbocycles. The predicted molar refractivity (Wildman–Crippen MR) is 88.7 cm³/mol. The fourth-order valence-electron chi connectivity index (χ4n) is 3.14. The molecular formula is C17H19N5O. The Hall–Kier alpha value is -2.44. The van der Waals surface area contributed by atoms with Gasteiger partial charge in [-0.15, -0.1) is 5.10 Å². The molecular weight excluding hydrogens is 290 g/mol. The van der Waals surface area contributed by atoms with E-state index in [1.165, 1.54) is 5.56 Å². The monoisotopic (exact) mass is 309 g/mol. The van der Waals surface area contributed by atoms with Gasteiger partial charge in [-0.1, -0.05) is 30.3 Å². The first kappa shape index (κ1) is 14.2. The van der Waals surface area contributed by atoms with Crippen LogP contribution in [0.5, 0.6) is 0 Å². The van der Waals surface area contributed by atoms with Crippen molar-refractivity contribution in [1.29, 1.82) is 0 Å². The first-order valence-corrected chi connectivity index (χ1v) is 7.80. The molecule has 3 heterocycles. The summed E-state index contributed by atoms with van der Waals surface area (Å²) in [4.78, 5) is 6.47. The number of aliphatic hydroxyl groups is 1. The van der Waals surface area contributed by atoms with Crippen LogP contribution in [0.15, 0.2) is 42.5 Å². The van der Waals surface area contributed by atoms with Gasteiger partial charge in [0.15, 0.2) is 5.65 Å². The number of aliphatic hydroxyl groups excluding tert-OH is 1. The molecule has 0 spiro atoms. The number of benzene rings is 1. The lowest BCUT2D eigenvalue weighted by atomic mass is 10.1. The second-order valence-electron chi connectivity index (χ2n) is 6.03. The van der Waals surface area contributed by atoms with Gasteiger partial charge < -0.3 is 10.8 Å². The van der Waals surface area contributed by atoms with Gasteiger partial charge in [-0.25, -0.2) is 4.52 Å². The number of nitrogens with two attached hydrogens (primary N) is 1. The largest absolute Gasteiger partial charge is 0.392 e. The summed E-state index contributed by atoms with van der Waals surface area (Å²) in [5.74, 6) is 0.279.